The minimum absolute atomic E-state index is 0.0967. The van der Waals surface area contributed by atoms with Gasteiger partial charge < -0.3 is 25.2 Å². The van der Waals surface area contributed by atoms with Gasteiger partial charge in [0.1, 0.15) is 6.29 Å². The lowest BCUT2D eigenvalue weighted by Gasteiger charge is -2.33. The third-order valence-electron chi connectivity index (χ3n) is 8.02. The van der Waals surface area contributed by atoms with Gasteiger partial charge in [-0.1, -0.05) is 42.5 Å². The van der Waals surface area contributed by atoms with Gasteiger partial charge in [-0.15, -0.1) is 0 Å². The van der Waals surface area contributed by atoms with E-state index in [4.69, 9.17) is 0 Å². The van der Waals surface area contributed by atoms with Crippen molar-refractivity contribution in [3.63, 3.8) is 0 Å². The minimum Gasteiger partial charge on any atom is -0.388 e. The molecule has 0 spiro atoms. The maximum absolute atomic E-state index is 13.4. The van der Waals surface area contributed by atoms with E-state index >= 15 is 0 Å². The predicted octanol–water partition coefficient (Wildman–Crippen LogP) is 4.86. The lowest BCUT2D eigenvalue weighted by atomic mass is 9.97. The lowest BCUT2D eigenvalue weighted by Crippen LogP contribution is -2.49. The summed E-state index contributed by atoms with van der Waals surface area (Å²) in [5.41, 5.74) is 7.67. The van der Waals surface area contributed by atoms with Crippen molar-refractivity contribution in [1.29, 1.82) is 0 Å². The number of allylic oxidation sites excluding steroid dienone is 1. The number of piperazine rings is 1. The van der Waals surface area contributed by atoms with Crippen LogP contribution in [0.1, 0.15) is 40.9 Å². The Bertz CT molecular complexity index is 1480. The molecule has 2 amide bonds. The van der Waals surface area contributed by atoms with E-state index in [0.717, 1.165) is 78.2 Å². The summed E-state index contributed by atoms with van der Waals surface area (Å²) in [5.74, 6) is 0.149. The topological polar surface area (TPSA) is 94.2 Å². The quantitative estimate of drug-likeness (QED) is 0.269. The van der Waals surface area contributed by atoms with Crippen molar-refractivity contribution in [3.05, 3.63) is 89.0 Å². The van der Waals surface area contributed by atoms with Crippen LogP contribution in [0.15, 0.2) is 66.7 Å². The standard InChI is InChI=1S/C33H37N5O3.C2H6O/c1-23-17-27-19-28(10-12-31(27)38(23)32(41)20-37-15-13-36(3)14-16-37)35-33(26-7-5-4-6-8-26)24(2)29-11-9-25(21-39)18-30(29)34-22-40;1-3-2/h4-12,18-19,21-23,35H,13-17,20H2,1-3H3,(H,34,40);1-2H3/b33-24+;. The van der Waals surface area contributed by atoms with Crippen molar-refractivity contribution in [1.82, 2.24) is 9.80 Å². The second-order valence-electron chi connectivity index (χ2n) is 11.3. The Labute approximate surface area is 260 Å². The number of anilines is 3. The number of hydrogen-bond acceptors (Lipinski definition) is 7. The van der Waals surface area contributed by atoms with Crippen LogP contribution >= 0.6 is 0 Å². The van der Waals surface area contributed by atoms with Crippen LogP contribution in [0.5, 0.6) is 0 Å². The molecule has 9 nitrogen and oxygen atoms in total. The molecule has 0 aliphatic carbocycles. The van der Waals surface area contributed by atoms with Crippen LogP contribution in [0.3, 0.4) is 0 Å². The van der Waals surface area contributed by atoms with Gasteiger partial charge >= 0.3 is 0 Å². The van der Waals surface area contributed by atoms with E-state index in [0.29, 0.717) is 24.2 Å². The number of amides is 2. The zero-order valence-electron chi connectivity index (χ0n) is 26.3. The van der Waals surface area contributed by atoms with Crippen LogP contribution in [-0.4, -0.2) is 88.4 Å². The lowest BCUT2D eigenvalue weighted by molar-refractivity contribution is -0.120. The molecule has 2 N–H and O–H groups in total. The monoisotopic (exact) mass is 597 g/mol. The molecule has 44 heavy (non-hydrogen) atoms. The van der Waals surface area contributed by atoms with Gasteiger partial charge in [0.05, 0.1) is 6.54 Å². The summed E-state index contributed by atoms with van der Waals surface area (Å²) in [7, 11) is 5.37. The van der Waals surface area contributed by atoms with Crippen LogP contribution < -0.4 is 15.5 Å². The van der Waals surface area contributed by atoms with E-state index in [-0.39, 0.29) is 11.9 Å². The summed E-state index contributed by atoms with van der Waals surface area (Å²) in [6.07, 6.45) is 2.18. The summed E-state index contributed by atoms with van der Waals surface area (Å²) in [6.45, 7) is 8.34. The fraction of sp³-hybridized carbons (Fsp3) is 0.343. The highest BCUT2D eigenvalue weighted by Crippen LogP contribution is 2.37. The van der Waals surface area contributed by atoms with Crippen molar-refractivity contribution in [2.45, 2.75) is 26.3 Å². The molecule has 1 fully saturated rings. The number of rotatable bonds is 9. The number of hydrogen-bond donors (Lipinski definition) is 2. The number of fused-ring (bicyclic) bond motifs is 1. The number of methoxy groups -OCH3 is 1. The SMILES string of the molecule is C/C(=C(\Nc1ccc2c(c1)CC(C)N2C(=O)CN1CCN(C)CC1)c1ccccc1)c1ccc(C=O)cc1NC=O.COC. The van der Waals surface area contributed by atoms with Crippen molar-refractivity contribution in [2.24, 2.45) is 0 Å². The first-order chi connectivity index (χ1) is 21.3. The van der Waals surface area contributed by atoms with Crippen LogP contribution in [0.4, 0.5) is 17.1 Å². The summed E-state index contributed by atoms with van der Waals surface area (Å²) < 4.78 is 4.25. The number of carbonyl (C=O) groups is 3. The second-order valence-corrected chi connectivity index (χ2v) is 11.3. The van der Waals surface area contributed by atoms with Crippen molar-refractivity contribution < 1.29 is 19.1 Å². The molecule has 0 bridgehead atoms. The number of likely N-dealkylation sites (N-methyl/N-ethyl adjacent to an activating group) is 1. The maximum Gasteiger partial charge on any atom is 0.241 e. The van der Waals surface area contributed by atoms with E-state index < -0.39 is 0 Å². The van der Waals surface area contributed by atoms with Crippen LogP contribution in [-0.2, 0) is 20.7 Å². The van der Waals surface area contributed by atoms with Gasteiger partial charge in [-0.05, 0) is 68.3 Å². The fourth-order valence-electron chi connectivity index (χ4n) is 5.77. The predicted molar refractivity (Wildman–Crippen MR) is 178 cm³/mol. The smallest absolute Gasteiger partial charge is 0.241 e. The number of ether oxygens (including phenoxy) is 1. The molecule has 1 atom stereocenters. The Hall–Kier alpha value is -4.31. The first kappa shape index (κ1) is 32.6. The molecule has 2 heterocycles. The zero-order valence-corrected chi connectivity index (χ0v) is 26.3. The van der Waals surface area contributed by atoms with E-state index in [9.17, 15) is 14.4 Å². The Morgan fingerprint density at radius 2 is 1.68 bits per heavy atom. The molecule has 5 rings (SSSR count). The fourth-order valence-corrected chi connectivity index (χ4v) is 5.77. The van der Waals surface area contributed by atoms with Gasteiger partial charge in [-0.25, -0.2) is 0 Å². The molecule has 9 heteroatoms. The van der Waals surface area contributed by atoms with Crippen LogP contribution in [0, 0.1) is 0 Å². The first-order valence-electron chi connectivity index (χ1n) is 14.9. The molecule has 3 aromatic rings. The average molecular weight is 598 g/mol. The highest BCUT2D eigenvalue weighted by atomic mass is 16.4. The molecular formula is C35H43N5O4. The van der Waals surface area contributed by atoms with Gasteiger partial charge in [0.25, 0.3) is 0 Å². The molecule has 2 aliphatic rings. The Balaban J connectivity index is 0.00000141. The summed E-state index contributed by atoms with van der Waals surface area (Å²) in [6, 6.07) is 21.6. The van der Waals surface area contributed by atoms with Gasteiger partial charge in [0.2, 0.25) is 12.3 Å². The minimum atomic E-state index is 0.0967. The van der Waals surface area contributed by atoms with E-state index in [1.165, 1.54) is 0 Å². The summed E-state index contributed by atoms with van der Waals surface area (Å²) >= 11 is 0. The number of carbonyl (C=O) groups excluding carboxylic acids is 3. The molecule has 2 aliphatic heterocycles. The molecule has 1 unspecified atom stereocenters. The van der Waals surface area contributed by atoms with Crippen molar-refractivity contribution in [2.75, 3.05) is 69.5 Å². The third-order valence-corrected chi connectivity index (χ3v) is 8.02. The Morgan fingerprint density at radius 1 is 0.977 bits per heavy atom. The molecule has 0 radical (unpaired) electrons. The largest absolute Gasteiger partial charge is 0.388 e. The van der Waals surface area contributed by atoms with E-state index in [1.54, 1.807) is 26.4 Å². The molecule has 3 aromatic carbocycles. The Kier molecular flexibility index (Phi) is 11.4. The molecule has 232 valence electrons. The summed E-state index contributed by atoms with van der Waals surface area (Å²) in [5, 5.41) is 6.37. The van der Waals surface area contributed by atoms with E-state index in [2.05, 4.69) is 45.2 Å². The van der Waals surface area contributed by atoms with Gasteiger partial charge in [0, 0.05) is 80.3 Å². The zero-order chi connectivity index (χ0) is 31.6. The average Bonchev–Trinajstić information content (AvgIpc) is 3.36. The number of nitrogens with zero attached hydrogens (tertiary/aromatic N) is 3. The second kappa shape index (κ2) is 15.4. The van der Waals surface area contributed by atoms with Gasteiger partial charge in [-0.2, -0.15) is 0 Å². The number of aldehydes is 1. The third kappa shape index (κ3) is 7.79. The van der Waals surface area contributed by atoms with Gasteiger partial charge in [0.15, 0.2) is 0 Å². The van der Waals surface area contributed by atoms with Gasteiger partial charge in [-0.3, -0.25) is 19.3 Å². The molecule has 0 saturated carbocycles. The van der Waals surface area contributed by atoms with Crippen LogP contribution in [0.25, 0.3) is 11.3 Å². The van der Waals surface area contributed by atoms with E-state index in [1.807, 2.05) is 60.4 Å². The summed E-state index contributed by atoms with van der Waals surface area (Å²) in [4.78, 5) is 42.6. The normalized spacial score (nSPS) is 17.1. The highest BCUT2D eigenvalue weighted by Gasteiger charge is 2.32. The van der Waals surface area contributed by atoms with Crippen LogP contribution in [0.2, 0.25) is 0 Å². The molecular weight excluding hydrogens is 554 g/mol. The molecule has 1 saturated heterocycles. The Morgan fingerprint density at radius 3 is 2.34 bits per heavy atom. The first-order valence-corrected chi connectivity index (χ1v) is 14.9. The highest BCUT2D eigenvalue weighted by molar-refractivity contribution is 6.01. The number of benzene rings is 3. The number of nitrogens with one attached hydrogen (secondary N) is 2. The van der Waals surface area contributed by atoms with Crippen molar-refractivity contribution in [3.8, 4) is 0 Å². The van der Waals surface area contributed by atoms with Crippen molar-refractivity contribution >= 4 is 46.9 Å². The maximum atomic E-state index is 13.4. The molecule has 0 aromatic heterocycles.